The van der Waals surface area contributed by atoms with E-state index in [2.05, 4.69) is 0 Å². The highest BCUT2D eigenvalue weighted by Gasteiger charge is 2.17. The number of fused-ring (bicyclic) bond motifs is 1. The minimum Gasteiger partial charge on any atom is -0.494 e. The topological polar surface area (TPSA) is 60.4 Å². The summed E-state index contributed by atoms with van der Waals surface area (Å²) in [4.78, 5) is 14.5. The van der Waals surface area contributed by atoms with Crippen LogP contribution in [0.3, 0.4) is 0 Å². The Balaban J connectivity index is 1.96. The SMILES string of the molecule is CCOc1ccc(-c2c(-c3ccc(S(C)(=O)=O)cc3)sc3ccccc3c2=O)cc1. The highest BCUT2D eigenvalue weighted by molar-refractivity contribution is 7.90. The third-order valence-electron chi connectivity index (χ3n) is 4.80. The summed E-state index contributed by atoms with van der Waals surface area (Å²) >= 11 is 1.52. The van der Waals surface area contributed by atoms with Crippen LogP contribution in [0.1, 0.15) is 6.92 Å². The largest absolute Gasteiger partial charge is 0.494 e. The Kier molecular flexibility index (Phi) is 5.45. The minimum atomic E-state index is -3.29. The normalized spacial score (nSPS) is 11.5. The van der Waals surface area contributed by atoms with Crippen LogP contribution in [0.25, 0.3) is 31.7 Å². The molecule has 0 unspecified atom stereocenters. The fourth-order valence-corrected chi connectivity index (χ4v) is 5.18. The van der Waals surface area contributed by atoms with E-state index in [0.29, 0.717) is 17.6 Å². The van der Waals surface area contributed by atoms with Crippen LogP contribution in [0.2, 0.25) is 0 Å². The summed E-state index contributed by atoms with van der Waals surface area (Å²) in [7, 11) is -3.29. The van der Waals surface area contributed by atoms with Gasteiger partial charge in [0.1, 0.15) is 5.75 Å². The lowest BCUT2D eigenvalue weighted by Gasteiger charge is -2.12. The average molecular weight is 437 g/mol. The molecular weight excluding hydrogens is 416 g/mol. The molecule has 0 amide bonds. The van der Waals surface area contributed by atoms with Crippen molar-refractivity contribution in [2.45, 2.75) is 11.8 Å². The van der Waals surface area contributed by atoms with Crippen molar-refractivity contribution in [3.63, 3.8) is 0 Å². The summed E-state index contributed by atoms with van der Waals surface area (Å²) in [5, 5.41) is 0.669. The molecule has 4 rings (SSSR count). The molecule has 0 aliphatic rings. The average Bonchev–Trinajstić information content (AvgIpc) is 2.74. The molecule has 4 nitrogen and oxygen atoms in total. The second-order valence-electron chi connectivity index (χ2n) is 6.89. The molecule has 0 spiro atoms. The summed E-state index contributed by atoms with van der Waals surface area (Å²) in [5.41, 5.74) is 2.16. The van der Waals surface area contributed by atoms with Gasteiger partial charge in [-0.3, -0.25) is 4.79 Å². The van der Waals surface area contributed by atoms with Gasteiger partial charge in [-0.25, -0.2) is 8.42 Å². The molecule has 30 heavy (non-hydrogen) atoms. The van der Waals surface area contributed by atoms with Crippen molar-refractivity contribution >= 4 is 31.3 Å². The van der Waals surface area contributed by atoms with Crippen LogP contribution in [0.4, 0.5) is 0 Å². The van der Waals surface area contributed by atoms with Crippen LogP contribution >= 0.6 is 11.3 Å². The third-order valence-corrected chi connectivity index (χ3v) is 7.14. The van der Waals surface area contributed by atoms with Gasteiger partial charge in [-0.2, -0.15) is 0 Å². The van der Waals surface area contributed by atoms with Crippen LogP contribution in [0.5, 0.6) is 5.75 Å². The smallest absolute Gasteiger partial charge is 0.196 e. The van der Waals surface area contributed by atoms with E-state index in [1.165, 1.54) is 17.6 Å². The van der Waals surface area contributed by atoms with Crippen LogP contribution in [-0.4, -0.2) is 21.3 Å². The Bertz CT molecular complexity index is 1370. The quantitative estimate of drug-likeness (QED) is 0.420. The molecule has 0 saturated carbocycles. The lowest BCUT2D eigenvalue weighted by molar-refractivity contribution is 0.340. The van der Waals surface area contributed by atoms with Gasteiger partial charge in [0.15, 0.2) is 15.3 Å². The molecule has 4 aromatic rings. The first-order chi connectivity index (χ1) is 14.4. The van der Waals surface area contributed by atoms with Gasteiger partial charge in [0.05, 0.1) is 11.5 Å². The van der Waals surface area contributed by atoms with Gasteiger partial charge in [0, 0.05) is 26.8 Å². The maximum Gasteiger partial charge on any atom is 0.196 e. The second kappa shape index (κ2) is 8.05. The highest BCUT2D eigenvalue weighted by Crippen LogP contribution is 2.37. The number of sulfone groups is 1. The van der Waals surface area contributed by atoms with E-state index in [9.17, 15) is 13.2 Å². The molecule has 0 fully saturated rings. The molecule has 0 aliphatic carbocycles. The number of benzene rings is 3. The first-order valence-corrected chi connectivity index (χ1v) is 12.2. The Morgan fingerprint density at radius 3 is 2.13 bits per heavy atom. The number of hydrogen-bond donors (Lipinski definition) is 0. The zero-order valence-electron chi connectivity index (χ0n) is 16.6. The molecule has 0 atom stereocenters. The van der Waals surface area contributed by atoms with E-state index < -0.39 is 9.84 Å². The van der Waals surface area contributed by atoms with E-state index in [4.69, 9.17) is 4.74 Å². The molecule has 0 aliphatic heterocycles. The van der Waals surface area contributed by atoms with E-state index >= 15 is 0 Å². The summed E-state index contributed by atoms with van der Waals surface area (Å²) in [6.45, 7) is 2.50. The van der Waals surface area contributed by atoms with Gasteiger partial charge in [0.25, 0.3) is 0 Å². The zero-order valence-corrected chi connectivity index (χ0v) is 18.2. The Hall–Kier alpha value is -2.96. The predicted molar refractivity (Wildman–Crippen MR) is 123 cm³/mol. The minimum absolute atomic E-state index is 0.0456. The van der Waals surface area contributed by atoms with Crippen LogP contribution < -0.4 is 10.2 Å². The van der Waals surface area contributed by atoms with Gasteiger partial charge in [-0.05, 0) is 54.4 Å². The van der Waals surface area contributed by atoms with E-state index in [-0.39, 0.29) is 10.3 Å². The fraction of sp³-hybridized carbons (Fsp3) is 0.125. The standard InChI is InChI=1S/C24H20O4S2/c1-3-28-18-12-8-16(9-13-18)22-23(25)20-6-4-5-7-21(20)29-24(22)17-10-14-19(15-11-17)30(2,26)27/h4-15H,3H2,1-2H3. The van der Waals surface area contributed by atoms with Crippen molar-refractivity contribution in [2.75, 3.05) is 12.9 Å². The number of hydrogen-bond acceptors (Lipinski definition) is 5. The van der Waals surface area contributed by atoms with Crippen molar-refractivity contribution in [3.8, 4) is 27.3 Å². The summed E-state index contributed by atoms with van der Waals surface area (Å²) in [6, 6.07) is 21.7. The molecule has 6 heteroatoms. The first kappa shape index (κ1) is 20.3. The van der Waals surface area contributed by atoms with Gasteiger partial charge in [-0.15, -0.1) is 11.3 Å². The van der Waals surface area contributed by atoms with Crippen molar-refractivity contribution < 1.29 is 13.2 Å². The third kappa shape index (κ3) is 3.88. The number of ether oxygens (including phenoxy) is 1. The molecule has 0 radical (unpaired) electrons. The maximum atomic E-state index is 13.4. The monoisotopic (exact) mass is 436 g/mol. The summed E-state index contributed by atoms with van der Waals surface area (Å²) in [6.07, 6.45) is 1.18. The lowest BCUT2D eigenvalue weighted by Crippen LogP contribution is -2.06. The van der Waals surface area contributed by atoms with Crippen molar-refractivity contribution in [1.29, 1.82) is 0 Å². The Morgan fingerprint density at radius 2 is 1.50 bits per heavy atom. The fourth-order valence-electron chi connectivity index (χ4n) is 3.35. The van der Waals surface area contributed by atoms with Crippen LogP contribution in [0.15, 0.2) is 82.5 Å². The molecule has 0 N–H and O–H groups in total. The molecule has 1 heterocycles. The number of rotatable bonds is 5. The first-order valence-electron chi connectivity index (χ1n) is 9.48. The van der Waals surface area contributed by atoms with E-state index in [1.807, 2.05) is 55.5 Å². The molecule has 152 valence electrons. The Morgan fingerprint density at radius 1 is 0.867 bits per heavy atom. The van der Waals surface area contributed by atoms with Crippen molar-refractivity contribution in [1.82, 2.24) is 0 Å². The summed E-state index contributed by atoms with van der Waals surface area (Å²) < 4.78 is 30.1. The molecule has 3 aromatic carbocycles. The van der Waals surface area contributed by atoms with Crippen molar-refractivity contribution in [3.05, 3.63) is 83.0 Å². The van der Waals surface area contributed by atoms with Gasteiger partial charge in [-0.1, -0.05) is 36.4 Å². The Labute approximate surface area is 179 Å². The molecular formula is C24H20O4S2. The predicted octanol–water partition coefficient (Wildman–Crippen LogP) is 5.40. The molecule has 1 aromatic heterocycles. The van der Waals surface area contributed by atoms with Gasteiger partial charge >= 0.3 is 0 Å². The molecule has 0 bridgehead atoms. The van der Waals surface area contributed by atoms with Crippen molar-refractivity contribution in [2.24, 2.45) is 0 Å². The second-order valence-corrected chi connectivity index (χ2v) is 9.95. The van der Waals surface area contributed by atoms with Gasteiger partial charge in [0.2, 0.25) is 0 Å². The van der Waals surface area contributed by atoms with Crippen LogP contribution in [-0.2, 0) is 9.84 Å². The van der Waals surface area contributed by atoms with E-state index in [1.54, 1.807) is 24.3 Å². The summed E-state index contributed by atoms with van der Waals surface area (Å²) in [5.74, 6) is 0.747. The lowest BCUT2D eigenvalue weighted by atomic mass is 10.0. The maximum absolute atomic E-state index is 13.4. The zero-order chi connectivity index (χ0) is 21.3. The van der Waals surface area contributed by atoms with E-state index in [0.717, 1.165) is 26.5 Å². The molecule has 0 saturated heterocycles. The van der Waals surface area contributed by atoms with Gasteiger partial charge < -0.3 is 4.74 Å². The highest BCUT2D eigenvalue weighted by atomic mass is 32.2. The van der Waals surface area contributed by atoms with Crippen LogP contribution in [0, 0.1) is 0 Å².